The van der Waals surface area contributed by atoms with Gasteiger partial charge >= 0.3 is 6.09 Å². The third-order valence-electron chi connectivity index (χ3n) is 7.76. The molecule has 1 aromatic rings. The fourth-order valence-electron chi connectivity index (χ4n) is 6.05. The van der Waals surface area contributed by atoms with Crippen LogP contribution in [-0.2, 0) is 25.5 Å². The van der Waals surface area contributed by atoms with Gasteiger partial charge in [0.15, 0.2) is 0 Å². The largest absolute Gasteiger partial charge is 0.444 e. The van der Waals surface area contributed by atoms with Gasteiger partial charge in [0.1, 0.15) is 24.3 Å². The van der Waals surface area contributed by atoms with Crippen molar-refractivity contribution in [2.45, 2.75) is 102 Å². The fraction of sp³-hybridized carbons (Fsp3) is 0.633. The van der Waals surface area contributed by atoms with Crippen molar-refractivity contribution in [3.05, 3.63) is 35.4 Å². The Morgan fingerprint density at radius 2 is 1.84 bits per heavy atom. The quantitative estimate of drug-likeness (QED) is 0.529. The summed E-state index contributed by atoms with van der Waals surface area (Å²) in [5.41, 5.74) is 1.47. The highest BCUT2D eigenvalue weighted by atomic mass is 16.6. The van der Waals surface area contributed by atoms with E-state index in [0.29, 0.717) is 19.4 Å². The standard InChI is InChI=1S/C30H41N3O5/c1-5-18-37-24-19-21-14-9-10-15-22(21)26(24)31-27(34)23-16-11-17-33(23)28(35)25(20-12-7-6-8-13-20)32-29(36)38-30(2,3)4/h1,9-10,14-15,20,23-26H,6-8,11-13,16-19H2,2-4H3,(H,31,34)(H,32,36). The highest BCUT2D eigenvalue weighted by molar-refractivity contribution is 5.92. The third-order valence-corrected chi connectivity index (χ3v) is 7.76. The van der Waals surface area contributed by atoms with E-state index in [1.807, 2.05) is 24.3 Å². The van der Waals surface area contributed by atoms with Crippen LogP contribution in [0.5, 0.6) is 0 Å². The lowest BCUT2D eigenvalue weighted by Gasteiger charge is -2.35. The highest BCUT2D eigenvalue weighted by Crippen LogP contribution is 2.34. The highest BCUT2D eigenvalue weighted by Gasteiger charge is 2.43. The molecule has 4 rings (SSSR count). The summed E-state index contributed by atoms with van der Waals surface area (Å²) in [5, 5.41) is 6.05. The van der Waals surface area contributed by atoms with Crippen molar-refractivity contribution in [3.8, 4) is 12.3 Å². The van der Waals surface area contributed by atoms with Crippen LogP contribution < -0.4 is 10.6 Å². The lowest BCUT2D eigenvalue weighted by molar-refractivity contribution is -0.142. The molecule has 1 heterocycles. The van der Waals surface area contributed by atoms with Gasteiger partial charge in [-0.05, 0) is 63.5 Å². The van der Waals surface area contributed by atoms with Crippen LogP contribution in [0.2, 0.25) is 0 Å². The van der Waals surface area contributed by atoms with E-state index in [1.165, 1.54) is 0 Å². The molecule has 2 fully saturated rings. The van der Waals surface area contributed by atoms with Crippen LogP contribution >= 0.6 is 0 Å². The summed E-state index contributed by atoms with van der Waals surface area (Å²) in [5.74, 6) is 2.13. The molecule has 2 aliphatic carbocycles. The Bertz CT molecular complexity index is 1050. The Balaban J connectivity index is 1.50. The van der Waals surface area contributed by atoms with E-state index < -0.39 is 23.8 Å². The van der Waals surface area contributed by atoms with Crippen LogP contribution in [0.25, 0.3) is 0 Å². The molecule has 2 N–H and O–H groups in total. The molecule has 0 spiro atoms. The number of benzene rings is 1. The topological polar surface area (TPSA) is 97.0 Å². The monoisotopic (exact) mass is 523 g/mol. The Morgan fingerprint density at radius 1 is 1.11 bits per heavy atom. The Hall–Kier alpha value is -3.05. The van der Waals surface area contributed by atoms with Crippen LogP contribution in [0.4, 0.5) is 4.79 Å². The minimum absolute atomic E-state index is 0.0244. The first-order valence-corrected chi connectivity index (χ1v) is 13.9. The lowest BCUT2D eigenvalue weighted by Crippen LogP contribution is -2.57. The van der Waals surface area contributed by atoms with Gasteiger partial charge in [-0.2, -0.15) is 0 Å². The molecule has 1 aromatic carbocycles. The number of ether oxygens (including phenoxy) is 2. The van der Waals surface area contributed by atoms with Gasteiger partial charge in [0, 0.05) is 13.0 Å². The van der Waals surface area contributed by atoms with Crippen molar-refractivity contribution in [2.24, 2.45) is 5.92 Å². The van der Waals surface area contributed by atoms with Gasteiger partial charge in [0.2, 0.25) is 11.8 Å². The number of hydrogen-bond acceptors (Lipinski definition) is 5. The molecule has 1 saturated heterocycles. The average molecular weight is 524 g/mol. The maximum atomic E-state index is 13.9. The number of alkyl carbamates (subject to hydrolysis) is 1. The molecule has 1 saturated carbocycles. The van der Waals surface area contributed by atoms with Crippen molar-refractivity contribution < 1.29 is 23.9 Å². The van der Waals surface area contributed by atoms with Crippen LogP contribution in [0.15, 0.2) is 24.3 Å². The number of nitrogens with zero attached hydrogens (tertiary/aromatic N) is 1. The second kappa shape index (κ2) is 12.2. The molecule has 3 amide bonds. The van der Waals surface area contributed by atoms with Crippen molar-refractivity contribution in [1.82, 2.24) is 15.5 Å². The zero-order chi connectivity index (χ0) is 27.3. The summed E-state index contributed by atoms with van der Waals surface area (Å²) >= 11 is 0. The Kier molecular flexibility index (Phi) is 8.99. The summed E-state index contributed by atoms with van der Waals surface area (Å²) in [7, 11) is 0. The first-order chi connectivity index (χ1) is 18.2. The second-order valence-corrected chi connectivity index (χ2v) is 11.7. The summed E-state index contributed by atoms with van der Waals surface area (Å²) < 4.78 is 11.4. The van der Waals surface area contributed by atoms with Gasteiger partial charge in [0.25, 0.3) is 0 Å². The molecular weight excluding hydrogens is 482 g/mol. The van der Waals surface area contributed by atoms with Gasteiger partial charge in [-0.25, -0.2) is 4.79 Å². The van der Waals surface area contributed by atoms with E-state index in [9.17, 15) is 14.4 Å². The van der Waals surface area contributed by atoms with Crippen molar-refractivity contribution >= 4 is 17.9 Å². The molecule has 1 aliphatic heterocycles. The van der Waals surface area contributed by atoms with Crippen LogP contribution in [0.3, 0.4) is 0 Å². The van der Waals surface area contributed by atoms with Gasteiger partial charge in [-0.3, -0.25) is 9.59 Å². The van der Waals surface area contributed by atoms with Gasteiger partial charge < -0.3 is 25.0 Å². The predicted molar refractivity (Wildman–Crippen MR) is 144 cm³/mol. The van der Waals surface area contributed by atoms with E-state index in [1.54, 1.807) is 25.7 Å². The van der Waals surface area contributed by atoms with E-state index in [-0.39, 0.29) is 36.5 Å². The molecule has 4 atom stereocenters. The zero-order valence-electron chi connectivity index (χ0n) is 22.8. The number of terminal acetylenes is 1. The van der Waals surface area contributed by atoms with Gasteiger partial charge in [0.05, 0.1) is 12.1 Å². The number of nitrogens with one attached hydrogen (secondary N) is 2. The number of carbonyl (C=O) groups is 3. The SMILES string of the molecule is C#CCOC1Cc2ccccc2C1NC(=O)C1CCCN1C(=O)C(NC(=O)OC(C)(C)C)C1CCCCC1. The average Bonchev–Trinajstić information content (AvgIpc) is 3.50. The summed E-state index contributed by atoms with van der Waals surface area (Å²) in [6.45, 7) is 6.04. The molecule has 4 unspecified atom stereocenters. The van der Waals surface area contributed by atoms with E-state index in [4.69, 9.17) is 15.9 Å². The first kappa shape index (κ1) is 28.0. The fourth-order valence-corrected chi connectivity index (χ4v) is 6.05. The zero-order valence-corrected chi connectivity index (χ0v) is 22.8. The van der Waals surface area contributed by atoms with Gasteiger partial charge in [-0.1, -0.05) is 49.4 Å². The maximum Gasteiger partial charge on any atom is 0.408 e. The summed E-state index contributed by atoms with van der Waals surface area (Å²) in [6, 6.07) is 6.31. The second-order valence-electron chi connectivity index (χ2n) is 11.7. The number of rotatable bonds is 7. The first-order valence-electron chi connectivity index (χ1n) is 13.9. The van der Waals surface area contributed by atoms with Crippen molar-refractivity contribution in [2.75, 3.05) is 13.2 Å². The normalized spacial score (nSPS) is 24.3. The molecular formula is C30H41N3O5. The predicted octanol–water partition coefficient (Wildman–Crippen LogP) is 3.88. The molecule has 38 heavy (non-hydrogen) atoms. The number of carbonyl (C=O) groups excluding carboxylic acids is 3. The molecule has 8 nitrogen and oxygen atoms in total. The lowest BCUT2D eigenvalue weighted by atomic mass is 9.83. The minimum Gasteiger partial charge on any atom is -0.444 e. The molecule has 3 aliphatic rings. The summed E-state index contributed by atoms with van der Waals surface area (Å²) in [6.07, 6.45) is 11.4. The van der Waals surface area contributed by atoms with Crippen LogP contribution in [-0.4, -0.2) is 59.7 Å². The maximum absolute atomic E-state index is 13.9. The summed E-state index contributed by atoms with van der Waals surface area (Å²) in [4.78, 5) is 41.9. The molecule has 0 radical (unpaired) electrons. The Labute approximate surface area is 226 Å². The number of hydrogen-bond donors (Lipinski definition) is 2. The third kappa shape index (κ3) is 6.68. The Morgan fingerprint density at radius 3 is 2.55 bits per heavy atom. The number of likely N-dealkylation sites (tertiary alicyclic amines) is 1. The van der Waals surface area contributed by atoms with E-state index >= 15 is 0 Å². The van der Waals surface area contributed by atoms with Crippen LogP contribution in [0.1, 0.15) is 82.9 Å². The number of amides is 3. The smallest absolute Gasteiger partial charge is 0.408 e. The van der Waals surface area contributed by atoms with Crippen LogP contribution in [0, 0.1) is 18.3 Å². The number of fused-ring (bicyclic) bond motifs is 1. The van der Waals surface area contributed by atoms with Crippen molar-refractivity contribution in [1.29, 1.82) is 0 Å². The molecule has 206 valence electrons. The molecule has 0 bridgehead atoms. The van der Waals surface area contributed by atoms with Crippen molar-refractivity contribution in [3.63, 3.8) is 0 Å². The minimum atomic E-state index is -0.711. The molecule has 0 aromatic heterocycles. The molecule has 8 heteroatoms. The van der Waals surface area contributed by atoms with E-state index in [2.05, 4.69) is 16.6 Å². The van der Waals surface area contributed by atoms with Gasteiger partial charge in [-0.15, -0.1) is 6.42 Å². The van der Waals surface area contributed by atoms with E-state index in [0.717, 1.165) is 49.7 Å².